The van der Waals surface area contributed by atoms with Gasteiger partial charge in [-0.3, -0.25) is 46.5 Å². The van der Waals surface area contributed by atoms with Crippen molar-refractivity contribution in [3.63, 3.8) is 0 Å². The number of benzene rings is 4. The molecule has 0 bridgehead atoms. The van der Waals surface area contributed by atoms with Crippen molar-refractivity contribution in [1.29, 1.82) is 0 Å². The molecule has 40 heteroatoms. The Balaban J connectivity index is 1.28. The molecule has 4 aromatic carbocycles. The molecule has 0 radical (unpaired) electrons. The lowest BCUT2D eigenvalue weighted by Gasteiger charge is -2.19. The fourth-order valence-electron chi connectivity index (χ4n) is 7.52. The molecule has 0 aliphatic rings. The molecular weight excluding hydrogens is 1350 g/mol. The Morgan fingerprint density at radius 2 is 0.511 bits per heavy atom. The van der Waals surface area contributed by atoms with Gasteiger partial charge in [0.25, 0.3) is 84.3 Å². The number of ether oxygens (including phenoxy) is 6. The maximum atomic E-state index is 13.4. The summed E-state index contributed by atoms with van der Waals surface area (Å²) < 4.78 is 224. The lowest BCUT2D eigenvalue weighted by atomic mass is 10.1. The van der Waals surface area contributed by atoms with E-state index in [2.05, 4.69) is 31.5 Å². The van der Waals surface area contributed by atoms with Gasteiger partial charge in [-0.15, -0.1) is 0 Å². The molecule has 92 heavy (non-hydrogen) atoms. The van der Waals surface area contributed by atoms with Crippen molar-refractivity contribution in [3.05, 3.63) is 95.1 Å². The third-order valence-corrected chi connectivity index (χ3v) is 16.6. The zero-order valence-corrected chi connectivity index (χ0v) is 53.8. The second-order valence-electron chi connectivity index (χ2n) is 19.6. The topological polar surface area (TPSA) is 523 Å². The average molecular weight is 1420 g/mol. The molecule has 10 N–H and O–H groups in total. The molecule has 0 heterocycles. The van der Waals surface area contributed by atoms with E-state index >= 15 is 0 Å². The Bertz CT molecular complexity index is 3500. The van der Waals surface area contributed by atoms with Gasteiger partial charge in [-0.2, -0.15) is 60.7 Å². The normalized spacial score (nSPS) is 12.2. The van der Waals surface area contributed by atoms with Crippen molar-refractivity contribution < 1.29 is 125 Å². The second kappa shape index (κ2) is 36.8. The van der Waals surface area contributed by atoms with Crippen molar-refractivity contribution in [2.24, 2.45) is 10.2 Å². The number of hydrogen-bond acceptors (Lipinski definition) is 24. The van der Waals surface area contributed by atoms with Crippen LogP contribution in [-0.2, 0) is 60.7 Å². The number of amides is 4. The van der Waals surface area contributed by atoms with Gasteiger partial charge in [-0.1, -0.05) is 0 Å². The van der Waals surface area contributed by atoms with Crippen molar-refractivity contribution in [3.8, 4) is 34.5 Å². The van der Waals surface area contributed by atoms with Crippen LogP contribution in [0.25, 0.3) is 0 Å². The molecule has 0 spiro atoms. The molecular formula is C52H70N6O28S6. The van der Waals surface area contributed by atoms with Crippen molar-refractivity contribution >= 4 is 95.7 Å². The Kier molecular flexibility index (Phi) is 30.8. The second-order valence-corrected chi connectivity index (χ2v) is 29.0. The smallest absolute Gasteiger partial charge is 0.264 e. The van der Waals surface area contributed by atoms with Crippen LogP contribution >= 0.6 is 0 Å². The van der Waals surface area contributed by atoms with Crippen LogP contribution < -0.4 is 49.7 Å². The highest BCUT2D eigenvalue weighted by atomic mass is 32.2. The van der Waals surface area contributed by atoms with Crippen LogP contribution in [-0.4, -0.2) is 202 Å². The summed E-state index contributed by atoms with van der Waals surface area (Å²) in [4.78, 5) is 52.6. The van der Waals surface area contributed by atoms with Gasteiger partial charge in [0, 0.05) is 48.4 Å². The lowest BCUT2D eigenvalue weighted by Crippen LogP contribution is -2.30. The SMILES string of the molecule is O=C(NCCCNC(=O)c1cc(OCCCS(=O)(=O)O)c(OCCCS(=O)(=O)O)c(OCCCS(=O)(=O)O)c1)c1ccc(/N=N/c2ccc(C(=O)NCCCNC(=O)c3cc(OCCCS(=O)(=O)O)c(OCCCS(=O)(=O)O)c(OCCCS(=O)(=O)O)c3)cc2)cc1. The minimum Gasteiger partial charge on any atom is -0.489 e. The number of azo groups is 1. The molecule has 0 saturated carbocycles. The van der Waals surface area contributed by atoms with Gasteiger partial charge in [0.05, 0.1) is 85.5 Å². The first-order valence-electron chi connectivity index (χ1n) is 27.6. The van der Waals surface area contributed by atoms with Crippen LogP contribution in [0.5, 0.6) is 34.5 Å². The molecule has 0 aliphatic carbocycles. The summed E-state index contributed by atoms with van der Waals surface area (Å²) in [6.07, 6.45) is -0.878. The highest BCUT2D eigenvalue weighted by Gasteiger charge is 2.23. The Morgan fingerprint density at radius 1 is 0.304 bits per heavy atom. The van der Waals surface area contributed by atoms with Crippen LogP contribution in [0.1, 0.15) is 92.8 Å². The van der Waals surface area contributed by atoms with E-state index in [9.17, 15) is 69.7 Å². The number of hydrogen-bond donors (Lipinski definition) is 10. The minimum absolute atomic E-state index is 0.0204. The van der Waals surface area contributed by atoms with Gasteiger partial charge < -0.3 is 49.7 Å². The summed E-state index contributed by atoms with van der Waals surface area (Å²) in [6.45, 7) is -1.81. The van der Waals surface area contributed by atoms with E-state index in [1.165, 1.54) is 72.8 Å². The quantitative estimate of drug-likeness (QED) is 0.0173. The average Bonchev–Trinajstić information content (AvgIpc) is 0.841. The molecule has 4 aromatic rings. The molecule has 0 fully saturated rings. The van der Waals surface area contributed by atoms with Gasteiger partial charge >= 0.3 is 0 Å². The maximum absolute atomic E-state index is 13.4. The molecule has 0 aliphatic heterocycles. The van der Waals surface area contributed by atoms with E-state index in [-0.39, 0.29) is 174 Å². The standard InChI is InChI=1S/C52H70N6O28S6/c59-49(53-17-1-19-55-51(61)39-33-43(81-21-3-27-87(63,64)65)47(85-25-7-31-91(75,76)77)44(34-39)82-22-4-28-88(66,67)68)37-9-13-41(14-10-37)57-58-42-15-11-38(12-16-42)50(60)54-18-2-20-56-52(62)40-35-45(83-23-5-29-89(69,70)71)48(86-26-8-32-92(78,79)80)46(36-40)84-24-6-30-90(72,73)74/h9-16,33-36H,1-8,17-32H2,(H,53,59)(H,54,60)(H,55,61)(H,56,62)(H,63,64,65)(H,66,67,68)(H,69,70,71)(H,72,73,74)(H,75,76,77)(H,78,79,80)/b58-57+. The highest BCUT2D eigenvalue weighted by Crippen LogP contribution is 2.41. The summed E-state index contributed by atoms with van der Waals surface area (Å²) in [6, 6.07) is 16.9. The van der Waals surface area contributed by atoms with Gasteiger partial charge in [0.2, 0.25) is 11.5 Å². The zero-order valence-electron chi connectivity index (χ0n) is 48.9. The fraction of sp³-hybridized carbons (Fsp3) is 0.462. The first-order valence-corrected chi connectivity index (χ1v) is 37.3. The zero-order chi connectivity index (χ0) is 68.2. The van der Waals surface area contributed by atoms with Gasteiger partial charge in [0.1, 0.15) is 0 Å². The summed E-state index contributed by atoms with van der Waals surface area (Å²) in [5, 5.41) is 19.1. The molecule has 34 nitrogen and oxygen atoms in total. The molecule has 0 atom stereocenters. The molecule has 0 unspecified atom stereocenters. The fourth-order valence-corrected chi connectivity index (χ4v) is 10.4. The number of nitrogens with one attached hydrogen (secondary N) is 4. The minimum atomic E-state index is -4.38. The van der Waals surface area contributed by atoms with E-state index in [0.29, 0.717) is 11.4 Å². The largest absolute Gasteiger partial charge is 0.489 e. The lowest BCUT2D eigenvalue weighted by molar-refractivity contribution is 0.0934. The van der Waals surface area contributed by atoms with Crippen molar-refractivity contribution in [2.45, 2.75) is 51.4 Å². The monoisotopic (exact) mass is 1420 g/mol. The van der Waals surface area contributed by atoms with Crippen LogP contribution in [0.4, 0.5) is 11.4 Å². The summed E-state index contributed by atoms with van der Waals surface area (Å²) in [5.41, 5.74) is 1.08. The van der Waals surface area contributed by atoms with Crippen LogP contribution in [0.2, 0.25) is 0 Å². The maximum Gasteiger partial charge on any atom is 0.264 e. The highest BCUT2D eigenvalue weighted by molar-refractivity contribution is 7.86. The third-order valence-electron chi connectivity index (χ3n) is 11.8. The summed E-state index contributed by atoms with van der Waals surface area (Å²) in [5.74, 6) is -7.61. The number of nitrogens with zero attached hydrogens (tertiary/aromatic N) is 2. The van der Waals surface area contributed by atoms with E-state index in [1.54, 1.807) is 0 Å². The Labute approximate surface area is 531 Å². The van der Waals surface area contributed by atoms with Crippen LogP contribution in [0, 0.1) is 0 Å². The summed E-state index contributed by atoms with van der Waals surface area (Å²) >= 11 is 0. The molecule has 512 valence electrons. The summed E-state index contributed by atoms with van der Waals surface area (Å²) in [7, 11) is -26.2. The number of carbonyl (C=O) groups is 4. The first kappa shape index (κ1) is 77.1. The predicted molar refractivity (Wildman–Crippen MR) is 328 cm³/mol. The molecule has 4 amide bonds. The third kappa shape index (κ3) is 32.8. The van der Waals surface area contributed by atoms with E-state index in [4.69, 9.17) is 55.7 Å². The van der Waals surface area contributed by atoms with Crippen molar-refractivity contribution in [2.75, 3.05) is 100 Å². The number of rotatable bonds is 44. The predicted octanol–water partition coefficient (Wildman–Crippen LogP) is 3.14. The van der Waals surface area contributed by atoms with E-state index in [0.717, 1.165) is 0 Å². The first-order chi connectivity index (χ1) is 43.0. The van der Waals surface area contributed by atoms with Crippen LogP contribution in [0.15, 0.2) is 83.0 Å². The van der Waals surface area contributed by atoms with Gasteiger partial charge in [-0.05, 0) is 124 Å². The van der Waals surface area contributed by atoms with E-state index in [1.807, 2.05) is 0 Å². The van der Waals surface area contributed by atoms with Crippen molar-refractivity contribution in [1.82, 2.24) is 21.3 Å². The van der Waals surface area contributed by atoms with E-state index < -0.39 is 119 Å². The van der Waals surface area contributed by atoms with Gasteiger partial charge in [0.15, 0.2) is 23.0 Å². The van der Waals surface area contributed by atoms with Gasteiger partial charge in [-0.25, -0.2) is 0 Å². The molecule has 0 aromatic heterocycles. The molecule has 0 saturated heterocycles. The van der Waals surface area contributed by atoms with Crippen LogP contribution in [0.3, 0.4) is 0 Å². The number of carbonyl (C=O) groups excluding carboxylic acids is 4. The molecule has 4 rings (SSSR count). The Morgan fingerprint density at radius 3 is 0.728 bits per heavy atom. The Hall–Kier alpha value is -7.38.